The first-order valence-corrected chi connectivity index (χ1v) is 8.33. The lowest BCUT2D eigenvalue weighted by atomic mass is 10.0. The van der Waals surface area contributed by atoms with Gasteiger partial charge in [0.25, 0.3) is 0 Å². The summed E-state index contributed by atoms with van der Waals surface area (Å²) in [6.07, 6.45) is 1.61. The number of hydrogen-bond donors (Lipinski definition) is 2. The molecule has 2 N–H and O–H groups in total. The Kier molecular flexibility index (Phi) is 3.58. The molecule has 0 saturated heterocycles. The molecule has 0 bridgehead atoms. The van der Waals surface area contributed by atoms with Crippen LogP contribution in [0.25, 0.3) is 22.0 Å². The molecule has 1 aromatic heterocycles. The van der Waals surface area contributed by atoms with E-state index < -0.39 is 16.8 Å². The van der Waals surface area contributed by atoms with Gasteiger partial charge in [0.05, 0.1) is 0 Å². The molecule has 0 radical (unpaired) electrons. The van der Waals surface area contributed by atoms with Crippen molar-refractivity contribution < 1.29 is 14.1 Å². The summed E-state index contributed by atoms with van der Waals surface area (Å²) in [6, 6.07) is 12.9. The van der Waals surface area contributed by atoms with Crippen LogP contribution in [0.5, 0.6) is 0 Å². The average Bonchev–Trinajstić information content (AvgIpc) is 2.88. The molecule has 5 heteroatoms. The first-order valence-electron chi connectivity index (χ1n) is 6.77. The number of carboxylic acid groups (broad SMARTS) is 1. The smallest absolute Gasteiger partial charge is 0.352 e. The molecule has 3 aromatic rings. The number of nitrogens with one attached hydrogen (secondary N) is 1. The summed E-state index contributed by atoms with van der Waals surface area (Å²) in [5, 5.41) is 10.4. The largest absolute Gasteiger partial charge is 0.477 e. The number of benzene rings is 2. The monoisotopic (exact) mass is 313 g/mol. The molecule has 3 rings (SSSR count). The maximum absolute atomic E-state index is 11.7. The van der Waals surface area contributed by atoms with Crippen LogP contribution < -0.4 is 0 Å². The van der Waals surface area contributed by atoms with E-state index in [4.69, 9.17) is 0 Å². The predicted octanol–water partition coefficient (Wildman–Crippen LogP) is 3.58. The summed E-state index contributed by atoms with van der Waals surface area (Å²) in [4.78, 5) is 15.3. The zero-order valence-corrected chi connectivity index (χ0v) is 13.0. The number of aromatic carboxylic acids is 1. The average molecular weight is 313 g/mol. The van der Waals surface area contributed by atoms with Crippen molar-refractivity contribution in [1.82, 2.24) is 4.98 Å². The van der Waals surface area contributed by atoms with Crippen LogP contribution in [-0.4, -0.2) is 26.5 Å². The third-order valence-electron chi connectivity index (χ3n) is 3.71. The van der Waals surface area contributed by atoms with Gasteiger partial charge in [-0.2, -0.15) is 0 Å². The van der Waals surface area contributed by atoms with Crippen LogP contribution in [0.3, 0.4) is 0 Å². The molecule has 0 aliphatic rings. The second kappa shape index (κ2) is 5.42. The molecule has 0 amide bonds. The number of H-pyrrole nitrogens is 1. The summed E-state index contributed by atoms with van der Waals surface area (Å²) < 4.78 is 11.7. The van der Waals surface area contributed by atoms with Gasteiger partial charge in [0.15, 0.2) is 0 Å². The van der Waals surface area contributed by atoms with E-state index in [9.17, 15) is 14.1 Å². The standard InChI is InChI=1S/C17H15NO3S/c1-10-5-3-8-13-14(16(17(19)20)18-15(10)13)11-6-4-7-12(9-11)22(2)21/h3-9,18H,1-2H3,(H,19,20). The molecule has 0 spiro atoms. The molecule has 4 nitrogen and oxygen atoms in total. The van der Waals surface area contributed by atoms with Gasteiger partial charge >= 0.3 is 5.97 Å². The SMILES string of the molecule is Cc1cccc2c(-c3cccc(S(C)=O)c3)c(C(=O)O)[nH]c12. The highest BCUT2D eigenvalue weighted by molar-refractivity contribution is 7.84. The highest BCUT2D eigenvalue weighted by Crippen LogP contribution is 2.34. The molecule has 1 atom stereocenters. The molecular formula is C17H15NO3S. The Labute approximate surface area is 130 Å². The summed E-state index contributed by atoms with van der Waals surface area (Å²) in [5.74, 6) is -1.01. The highest BCUT2D eigenvalue weighted by atomic mass is 32.2. The van der Waals surface area contributed by atoms with Crippen LogP contribution in [0.4, 0.5) is 0 Å². The fraction of sp³-hybridized carbons (Fsp3) is 0.118. The molecule has 0 aliphatic carbocycles. The fourth-order valence-electron chi connectivity index (χ4n) is 2.65. The van der Waals surface area contributed by atoms with Gasteiger partial charge in [0.2, 0.25) is 0 Å². The van der Waals surface area contributed by atoms with E-state index in [1.54, 1.807) is 24.5 Å². The highest BCUT2D eigenvalue weighted by Gasteiger charge is 2.19. The van der Waals surface area contributed by atoms with Crippen molar-refractivity contribution >= 4 is 27.7 Å². The maximum atomic E-state index is 11.7. The number of carboxylic acids is 1. The van der Waals surface area contributed by atoms with E-state index in [1.807, 2.05) is 31.2 Å². The van der Waals surface area contributed by atoms with Crippen molar-refractivity contribution in [3.63, 3.8) is 0 Å². The molecule has 22 heavy (non-hydrogen) atoms. The third kappa shape index (κ3) is 2.33. The quantitative estimate of drug-likeness (QED) is 0.776. The van der Waals surface area contributed by atoms with Crippen LogP contribution in [0.15, 0.2) is 47.4 Å². The maximum Gasteiger partial charge on any atom is 0.352 e. The van der Waals surface area contributed by atoms with Gasteiger partial charge in [0, 0.05) is 38.4 Å². The number of carbonyl (C=O) groups is 1. The van der Waals surface area contributed by atoms with Gasteiger partial charge in [-0.3, -0.25) is 4.21 Å². The Bertz CT molecular complexity index is 911. The first kappa shape index (κ1) is 14.5. The van der Waals surface area contributed by atoms with Gasteiger partial charge in [0.1, 0.15) is 5.69 Å². The molecule has 0 aliphatic heterocycles. The van der Waals surface area contributed by atoms with Crippen molar-refractivity contribution in [1.29, 1.82) is 0 Å². The number of fused-ring (bicyclic) bond motifs is 1. The number of rotatable bonds is 3. The number of para-hydroxylation sites is 1. The van der Waals surface area contributed by atoms with Crippen molar-refractivity contribution in [2.24, 2.45) is 0 Å². The number of aromatic amines is 1. The van der Waals surface area contributed by atoms with Crippen LogP contribution >= 0.6 is 0 Å². The van der Waals surface area contributed by atoms with E-state index in [1.165, 1.54) is 0 Å². The van der Waals surface area contributed by atoms with Crippen LogP contribution in [0.2, 0.25) is 0 Å². The predicted molar refractivity (Wildman–Crippen MR) is 87.8 cm³/mol. The summed E-state index contributed by atoms with van der Waals surface area (Å²) >= 11 is 0. The Morgan fingerprint density at radius 3 is 2.59 bits per heavy atom. The second-order valence-corrected chi connectivity index (χ2v) is 6.54. The minimum atomic E-state index is -1.11. The van der Waals surface area contributed by atoms with Crippen LogP contribution in [0, 0.1) is 6.92 Å². The molecule has 0 saturated carbocycles. The zero-order valence-electron chi connectivity index (χ0n) is 12.2. The Balaban J connectivity index is 2.36. The van der Waals surface area contributed by atoms with E-state index in [0.717, 1.165) is 22.0 Å². The van der Waals surface area contributed by atoms with Gasteiger partial charge in [-0.15, -0.1) is 0 Å². The second-order valence-electron chi connectivity index (χ2n) is 5.16. The summed E-state index contributed by atoms with van der Waals surface area (Å²) in [5.41, 5.74) is 3.35. The summed E-state index contributed by atoms with van der Waals surface area (Å²) in [7, 11) is -1.11. The Morgan fingerprint density at radius 1 is 1.18 bits per heavy atom. The van der Waals surface area contributed by atoms with E-state index in [0.29, 0.717) is 10.5 Å². The van der Waals surface area contributed by atoms with E-state index >= 15 is 0 Å². The van der Waals surface area contributed by atoms with Gasteiger partial charge in [-0.05, 0) is 30.2 Å². The van der Waals surface area contributed by atoms with Crippen LogP contribution in [-0.2, 0) is 10.8 Å². The van der Waals surface area contributed by atoms with Crippen molar-refractivity contribution in [2.45, 2.75) is 11.8 Å². The lowest BCUT2D eigenvalue weighted by Gasteiger charge is -2.05. The van der Waals surface area contributed by atoms with Crippen molar-refractivity contribution in [3.8, 4) is 11.1 Å². The number of aromatic nitrogens is 1. The third-order valence-corrected chi connectivity index (χ3v) is 4.63. The minimum absolute atomic E-state index is 0.156. The first-order chi connectivity index (χ1) is 10.5. The normalized spacial score (nSPS) is 12.5. The van der Waals surface area contributed by atoms with Gasteiger partial charge in [-0.1, -0.05) is 30.3 Å². The van der Waals surface area contributed by atoms with E-state index in [-0.39, 0.29) is 5.69 Å². The summed E-state index contributed by atoms with van der Waals surface area (Å²) in [6.45, 7) is 1.94. The molecule has 1 unspecified atom stereocenters. The lowest BCUT2D eigenvalue weighted by Crippen LogP contribution is -1.99. The van der Waals surface area contributed by atoms with Crippen molar-refractivity contribution in [3.05, 3.63) is 53.7 Å². The number of hydrogen-bond acceptors (Lipinski definition) is 2. The molecule has 112 valence electrons. The molecule has 0 fully saturated rings. The van der Waals surface area contributed by atoms with E-state index in [2.05, 4.69) is 4.98 Å². The minimum Gasteiger partial charge on any atom is -0.477 e. The number of aryl methyl sites for hydroxylation is 1. The van der Waals surface area contributed by atoms with Gasteiger partial charge in [-0.25, -0.2) is 4.79 Å². The topological polar surface area (TPSA) is 70.2 Å². The fourth-order valence-corrected chi connectivity index (χ4v) is 3.22. The Hall–Kier alpha value is -2.40. The van der Waals surface area contributed by atoms with Crippen LogP contribution in [0.1, 0.15) is 16.1 Å². The molecule has 1 heterocycles. The zero-order chi connectivity index (χ0) is 15.9. The lowest BCUT2D eigenvalue weighted by molar-refractivity contribution is 0.0692. The molecule has 2 aromatic carbocycles. The molecular weight excluding hydrogens is 298 g/mol. The van der Waals surface area contributed by atoms with Gasteiger partial charge < -0.3 is 10.1 Å². The van der Waals surface area contributed by atoms with Crippen molar-refractivity contribution in [2.75, 3.05) is 6.26 Å². The Morgan fingerprint density at radius 2 is 1.91 bits per heavy atom.